The third kappa shape index (κ3) is 4.30. The van der Waals surface area contributed by atoms with E-state index >= 15 is 0 Å². The van der Waals surface area contributed by atoms with Crippen LogP contribution in [0.5, 0.6) is 0 Å². The topological polar surface area (TPSA) is 94.1 Å². The second-order valence-electron chi connectivity index (χ2n) is 5.40. The van der Waals surface area contributed by atoms with Gasteiger partial charge in [0, 0.05) is 10.9 Å². The lowest BCUT2D eigenvalue weighted by Crippen LogP contribution is -2.20. The molecule has 0 spiro atoms. The first-order valence-electron chi connectivity index (χ1n) is 7.87. The standard InChI is InChI=1S/C17H16N4O3S2/c1-3-11-4-6-12(7-5-11)13-9-25-17(18-13)19-14(22)8-24-16(23)15-10(2)20-21-26-15/h4-7,9H,3,8H2,1-2H3,(H,18,19,22). The highest BCUT2D eigenvalue weighted by atomic mass is 32.1. The number of ether oxygens (including phenoxy) is 1. The van der Waals surface area contributed by atoms with Crippen LogP contribution in [0.25, 0.3) is 11.3 Å². The Morgan fingerprint density at radius 1 is 1.23 bits per heavy atom. The van der Waals surface area contributed by atoms with Gasteiger partial charge in [-0.3, -0.25) is 10.1 Å². The molecule has 0 aliphatic carbocycles. The van der Waals surface area contributed by atoms with E-state index in [4.69, 9.17) is 4.74 Å². The molecular weight excluding hydrogens is 372 g/mol. The van der Waals surface area contributed by atoms with E-state index in [-0.39, 0.29) is 0 Å². The average Bonchev–Trinajstić information content (AvgIpc) is 3.29. The van der Waals surface area contributed by atoms with Crippen molar-refractivity contribution in [2.24, 2.45) is 0 Å². The lowest BCUT2D eigenvalue weighted by atomic mass is 10.1. The van der Waals surface area contributed by atoms with Crippen LogP contribution in [0.4, 0.5) is 5.13 Å². The van der Waals surface area contributed by atoms with Crippen molar-refractivity contribution in [2.75, 3.05) is 11.9 Å². The summed E-state index contributed by atoms with van der Waals surface area (Å²) in [5, 5.41) is 8.69. The second kappa shape index (κ2) is 8.15. The summed E-state index contributed by atoms with van der Waals surface area (Å²) in [5.41, 5.74) is 3.51. The Labute approximate surface area is 158 Å². The summed E-state index contributed by atoms with van der Waals surface area (Å²) >= 11 is 2.25. The van der Waals surface area contributed by atoms with Gasteiger partial charge in [-0.2, -0.15) is 0 Å². The zero-order valence-electron chi connectivity index (χ0n) is 14.2. The molecule has 0 saturated heterocycles. The number of aryl methyl sites for hydroxylation is 2. The number of aromatic nitrogens is 3. The molecule has 2 aromatic heterocycles. The van der Waals surface area contributed by atoms with Crippen LogP contribution in [0.15, 0.2) is 29.6 Å². The monoisotopic (exact) mass is 388 g/mol. The SMILES string of the molecule is CCc1ccc(-c2csc(NC(=O)COC(=O)c3snnc3C)n2)cc1. The summed E-state index contributed by atoms with van der Waals surface area (Å²) in [6.45, 7) is 3.37. The maximum atomic E-state index is 12.0. The predicted octanol–water partition coefficient (Wildman–Crippen LogP) is 3.33. The van der Waals surface area contributed by atoms with Gasteiger partial charge in [0.1, 0.15) is 0 Å². The molecule has 0 fully saturated rings. The highest BCUT2D eigenvalue weighted by molar-refractivity contribution is 7.14. The summed E-state index contributed by atoms with van der Waals surface area (Å²) in [6, 6.07) is 8.13. The first-order chi connectivity index (χ1) is 12.6. The zero-order valence-corrected chi connectivity index (χ0v) is 15.8. The molecule has 0 aliphatic rings. The number of carbonyl (C=O) groups excluding carboxylic acids is 2. The Bertz CT molecular complexity index is 918. The van der Waals surface area contributed by atoms with Crippen LogP contribution in [0.3, 0.4) is 0 Å². The molecule has 26 heavy (non-hydrogen) atoms. The summed E-state index contributed by atoms with van der Waals surface area (Å²) in [6.07, 6.45) is 0.981. The molecule has 1 amide bonds. The quantitative estimate of drug-likeness (QED) is 0.651. The lowest BCUT2D eigenvalue weighted by molar-refractivity contribution is -0.119. The molecule has 0 radical (unpaired) electrons. The minimum atomic E-state index is -0.608. The largest absolute Gasteiger partial charge is 0.451 e. The maximum Gasteiger partial charge on any atom is 0.352 e. The highest BCUT2D eigenvalue weighted by Crippen LogP contribution is 2.25. The summed E-state index contributed by atoms with van der Waals surface area (Å²) in [4.78, 5) is 28.5. The molecule has 9 heteroatoms. The number of anilines is 1. The van der Waals surface area contributed by atoms with Crippen molar-refractivity contribution in [2.45, 2.75) is 20.3 Å². The second-order valence-corrected chi connectivity index (χ2v) is 7.01. The molecule has 0 atom stereocenters. The normalized spacial score (nSPS) is 10.5. The number of hydrogen-bond acceptors (Lipinski definition) is 8. The Hall–Kier alpha value is -2.65. The van der Waals surface area contributed by atoms with E-state index in [1.165, 1.54) is 16.9 Å². The van der Waals surface area contributed by atoms with Gasteiger partial charge >= 0.3 is 5.97 Å². The predicted molar refractivity (Wildman–Crippen MR) is 100 cm³/mol. The first-order valence-corrected chi connectivity index (χ1v) is 9.53. The molecule has 0 unspecified atom stereocenters. The summed E-state index contributed by atoms with van der Waals surface area (Å²) < 4.78 is 8.64. The third-order valence-corrected chi connectivity index (χ3v) is 5.15. The van der Waals surface area contributed by atoms with E-state index in [1.54, 1.807) is 6.92 Å². The van der Waals surface area contributed by atoms with Gasteiger partial charge in [-0.25, -0.2) is 9.78 Å². The van der Waals surface area contributed by atoms with E-state index < -0.39 is 18.5 Å². The Kier molecular flexibility index (Phi) is 5.69. The fourth-order valence-electron chi connectivity index (χ4n) is 2.15. The number of nitrogens with zero attached hydrogens (tertiary/aromatic N) is 3. The molecule has 3 rings (SSSR count). The number of esters is 1. The number of carbonyl (C=O) groups is 2. The number of rotatable bonds is 6. The molecule has 1 aromatic carbocycles. The van der Waals surface area contributed by atoms with E-state index in [1.807, 2.05) is 17.5 Å². The van der Waals surface area contributed by atoms with Gasteiger partial charge in [0.05, 0.1) is 11.4 Å². The third-order valence-electron chi connectivity index (χ3n) is 3.58. The minimum absolute atomic E-state index is 0.296. The van der Waals surface area contributed by atoms with Crippen molar-refractivity contribution in [1.82, 2.24) is 14.6 Å². The van der Waals surface area contributed by atoms with Crippen LogP contribution >= 0.6 is 22.9 Å². The van der Waals surface area contributed by atoms with Crippen molar-refractivity contribution in [3.63, 3.8) is 0 Å². The van der Waals surface area contributed by atoms with E-state index in [0.29, 0.717) is 15.7 Å². The number of amides is 1. The van der Waals surface area contributed by atoms with Crippen molar-refractivity contribution < 1.29 is 14.3 Å². The molecule has 3 aromatic rings. The van der Waals surface area contributed by atoms with Gasteiger partial charge < -0.3 is 4.74 Å². The molecule has 1 N–H and O–H groups in total. The van der Waals surface area contributed by atoms with Gasteiger partial charge in [0.2, 0.25) is 0 Å². The van der Waals surface area contributed by atoms with Crippen LogP contribution in [0.2, 0.25) is 0 Å². The Morgan fingerprint density at radius 2 is 2.00 bits per heavy atom. The Balaban J connectivity index is 1.55. The number of hydrogen-bond donors (Lipinski definition) is 1. The lowest BCUT2D eigenvalue weighted by Gasteiger charge is -2.03. The van der Waals surface area contributed by atoms with Crippen molar-refractivity contribution >= 4 is 39.9 Å². The van der Waals surface area contributed by atoms with Crippen LogP contribution in [0, 0.1) is 6.92 Å². The van der Waals surface area contributed by atoms with E-state index in [2.05, 4.69) is 38.9 Å². The van der Waals surface area contributed by atoms with E-state index in [0.717, 1.165) is 29.2 Å². The van der Waals surface area contributed by atoms with Crippen LogP contribution in [-0.4, -0.2) is 33.1 Å². The van der Waals surface area contributed by atoms with Crippen LogP contribution in [0.1, 0.15) is 27.9 Å². The maximum absolute atomic E-state index is 12.0. The molecule has 134 valence electrons. The van der Waals surface area contributed by atoms with Crippen LogP contribution < -0.4 is 5.32 Å². The fourth-order valence-corrected chi connectivity index (χ4v) is 3.43. The van der Waals surface area contributed by atoms with Gasteiger partial charge in [-0.1, -0.05) is 35.7 Å². The molecule has 0 bridgehead atoms. The minimum Gasteiger partial charge on any atom is -0.451 e. The fraction of sp³-hybridized carbons (Fsp3) is 0.235. The molecular formula is C17H16N4O3S2. The molecule has 0 aliphatic heterocycles. The van der Waals surface area contributed by atoms with Gasteiger partial charge in [-0.15, -0.1) is 16.4 Å². The highest BCUT2D eigenvalue weighted by Gasteiger charge is 2.16. The van der Waals surface area contributed by atoms with Gasteiger partial charge in [-0.05, 0) is 30.4 Å². The number of benzene rings is 1. The first kappa shape index (κ1) is 18.2. The van der Waals surface area contributed by atoms with Crippen molar-refractivity contribution in [1.29, 1.82) is 0 Å². The molecule has 7 nitrogen and oxygen atoms in total. The van der Waals surface area contributed by atoms with Crippen molar-refractivity contribution in [3.8, 4) is 11.3 Å². The molecule has 2 heterocycles. The summed E-state index contributed by atoms with van der Waals surface area (Å²) in [7, 11) is 0. The van der Waals surface area contributed by atoms with Crippen molar-refractivity contribution in [3.05, 3.63) is 45.8 Å². The number of thiazole rings is 1. The zero-order chi connectivity index (χ0) is 18.5. The summed E-state index contributed by atoms with van der Waals surface area (Å²) in [5.74, 6) is -1.06. The smallest absolute Gasteiger partial charge is 0.352 e. The Morgan fingerprint density at radius 3 is 2.65 bits per heavy atom. The van der Waals surface area contributed by atoms with Crippen LogP contribution in [-0.2, 0) is 16.0 Å². The molecule has 0 saturated carbocycles. The average molecular weight is 388 g/mol. The van der Waals surface area contributed by atoms with Gasteiger partial charge in [0.15, 0.2) is 16.6 Å². The van der Waals surface area contributed by atoms with E-state index in [9.17, 15) is 9.59 Å². The van der Waals surface area contributed by atoms with Gasteiger partial charge in [0.25, 0.3) is 5.91 Å². The number of nitrogens with one attached hydrogen (secondary N) is 1.